The van der Waals surface area contributed by atoms with Crippen molar-refractivity contribution in [2.24, 2.45) is 0 Å². The van der Waals surface area contributed by atoms with Crippen molar-refractivity contribution in [2.75, 3.05) is 31.2 Å². The van der Waals surface area contributed by atoms with Gasteiger partial charge in [-0.05, 0) is 12.5 Å². The van der Waals surface area contributed by atoms with Gasteiger partial charge in [-0.25, -0.2) is 13.9 Å². The van der Waals surface area contributed by atoms with E-state index in [1.54, 1.807) is 15.7 Å². The number of likely N-dealkylation sites (tertiary alicyclic amines) is 1. The van der Waals surface area contributed by atoms with Gasteiger partial charge in [0.05, 0.1) is 22.6 Å². The van der Waals surface area contributed by atoms with E-state index in [-0.39, 0.29) is 51.3 Å². The molecule has 4 heterocycles. The normalized spacial score (nSPS) is 15.4. The molecule has 0 bridgehead atoms. The molecule has 1 amide bonds. The first kappa shape index (κ1) is 22.1. The molecule has 1 fully saturated rings. The highest BCUT2D eigenvalue weighted by molar-refractivity contribution is 5.94. The van der Waals surface area contributed by atoms with Crippen LogP contribution in [-0.4, -0.2) is 50.7 Å². The molecule has 0 saturated carbocycles. The lowest BCUT2D eigenvalue weighted by Gasteiger charge is -2.16. The summed E-state index contributed by atoms with van der Waals surface area (Å²) in [5.74, 6) is 3.13. The van der Waals surface area contributed by atoms with Crippen LogP contribution in [0.5, 0.6) is 0 Å². The fourth-order valence-electron chi connectivity index (χ4n) is 4.26. The van der Waals surface area contributed by atoms with Gasteiger partial charge in [0.2, 0.25) is 5.91 Å². The van der Waals surface area contributed by atoms with Crippen LogP contribution in [0, 0.1) is 23.5 Å². The Bertz CT molecular complexity index is 1640. The third-order valence-corrected chi connectivity index (χ3v) is 5.94. The number of fused-ring (bicyclic) bond motifs is 2. The highest BCUT2D eigenvalue weighted by Crippen LogP contribution is 2.30. The quantitative estimate of drug-likeness (QED) is 0.303. The number of anilines is 2. The largest absolute Gasteiger partial charge is 0.423 e. The molecule has 1 saturated heterocycles. The minimum atomic E-state index is -0.972. The molecular formula is C23H19F2N7O3. The Morgan fingerprint density at radius 2 is 2.23 bits per heavy atom. The molecule has 0 spiro atoms. The number of amides is 1. The summed E-state index contributed by atoms with van der Waals surface area (Å²) in [5, 5.41) is 9.04. The van der Waals surface area contributed by atoms with Crippen LogP contribution < -0.4 is 16.6 Å². The van der Waals surface area contributed by atoms with E-state index in [0.29, 0.717) is 19.5 Å². The summed E-state index contributed by atoms with van der Waals surface area (Å²) in [6, 6.07) is 0.800. The zero-order chi connectivity index (χ0) is 24.9. The number of nitrogens with one attached hydrogen (secondary N) is 2. The number of benzene rings is 1. The van der Waals surface area contributed by atoms with Crippen LogP contribution in [0.4, 0.5) is 20.6 Å². The maximum absolute atomic E-state index is 15.0. The Kier molecular flexibility index (Phi) is 5.24. The van der Waals surface area contributed by atoms with Gasteiger partial charge >= 0.3 is 0 Å². The van der Waals surface area contributed by atoms with Crippen molar-refractivity contribution in [3.05, 3.63) is 58.0 Å². The van der Waals surface area contributed by atoms with Gasteiger partial charge in [-0.1, -0.05) is 18.4 Å². The summed E-state index contributed by atoms with van der Waals surface area (Å²) in [6.45, 7) is 4.34. The van der Waals surface area contributed by atoms with Gasteiger partial charge in [0.15, 0.2) is 17.2 Å². The standard InChI is InChI=1S/C23H19F2N7O3/c1-3-16(33)31-7-6-12(10-31)32-9-11(17-20(32)22(34)30-29-21(17)26)4-5-13-14(24)8-15-19(18(13)25)28-23(27-2)35-15/h3,8-9,12H,1,6-7,10H2,2H3,(H2,26,29)(H,27,28)(H,30,34)/t12-/m0/s1. The molecular weight excluding hydrogens is 460 g/mol. The van der Waals surface area contributed by atoms with E-state index in [4.69, 9.17) is 10.2 Å². The predicted molar refractivity (Wildman–Crippen MR) is 125 cm³/mol. The molecule has 1 atom stereocenters. The number of hydrogen-bond acceptors (Lipinski definition) is 7. The zero-order valence-corrected chi connectivity index (χ0v) is 18.5. The van der Waals surface area contributed by atoms with E-state index in [2.05, 4.69) is 38.9 Å². The Labute approximate surface area is 196 Å². The zero-order valence-electron chi connectivity index (χ0n) is 18.5. The van der Waals surface area contributed by atoms with E-state index >= 15 is 4.39 Å². The maximum atomic E-state index is 15.0. The average molecular weight is 479 g/mol. The van der Waals surface area contributed by atoms with Crippen LogP contribution in [0.3, 0.4) is 0 Å². The number of hydrogen-bond donors (Lipinski definition) is 3. The van der Waals surface area contributed by atoms with Gasteiger partial charge in [0.25, 0.3) is 11.6 Å². The molecule has 1 aromatic carbocycles. The number of aromatic amines is 1. The van der Waals surface area contributed by atoms with Crippen molar-refractivity contribution in [2.45, 2.75) is 12.5 Å². The van der Waals surface area contributed by atoms with Gasteiger partial charge in [-0.15, -0.1) is 0 Å². The van der Waals surface area contributed by atoms with Crippen LogP contribution in [0.2, 0.25) is 0 Å². The lowest BCUT2D eigenvalue weighted by atomic mass is 10.1. The second kappa shape index (κ2) is 8.28. The van der Waals surface area contributed by atoms with Gasteiger partial charge in [-0.3, -0.25) is 9.59 Å². The third kappa shape index (κ3) is 3.57. The van der Waals surface area contributed by atoms with Crippen molar-refractivity contribution in [1.29, 1.82) is 0 Å². The van der Waals surface area contributed by atoms with E-state index < -0.39 is 22.8 Å². The van der Waals surface area contributed by atoms with Crippen molar-refractivity contribution in [3.8, 4) is 11.8 Å². The molecule has 12 heteroatoms. The molecule has 5 rings (SSSR count). The van der Waals surface area contributed by atoms with Crippen LogP contribution >= 0.6 is 0 Å². The Hall–Kier alpha value is -4.66. The fraction of sp³-hybridized carbons (Fsp3) is 0.217. The van der Waals surface area contributed by atoms with Gasteiger partial charge < -0.3 is 24.9 Å². The number of carbonyl (C=O) groups is 1. The number of nitrogens with zero attached hydrogens (tertiary/aromatic N) is 4. The van der Waals surface area contributed by atoms with Crippen LogP contribution in [0.25, 0.3) is 22.0 Å². The first-order valence-corrected chi connectivity index (χ1v) is 10.6. The molecule has 1 aliphatic heterocycles. The maximum Gasteiger partial charge on any atom is 0.295 e. The summed E-state index contributed by atoms with van der Waals surface area (Å²) in [5.41, 5.74) is 5.28. The van der Waals surface area contributed by atoms with Crippen molar-refractivity contribution in [3.63, 3.8) is 0 Å². The second-order valence-electron chi connectivity index (χ2n) is 7.96. The summed E-state index contributed by atoms with van der Waals surface area (Å²) < 4.78 is 36.6. The number of halogens is 2. The SMILES string of the molecule is C=CC(=O)N1CC[C@H](n2cc(C#Cc3c(F)cc4oc(NC)nc4c3F)c3c(N)n[nH]c(=O)c32)C1. The highest BCUT2D eigenvalue weighted by Gasteiger charge is 2.29. The molecule has 1 aliphatic rings. The average Bonchev–Trinajstić information content (AvgIpc) is 3.57. The summed E-state index contributed by atoms with van der Waals surface area (Å²) >= 11 is 0. The fourth-order valence-corrected chi connectivity index (χ4v) is 4.26. The van der Waals surface area contributed by atoms with Crippen molar-refractivity contribution >= 4 is 39.7 Å². The number of nitrogens with two attached hydrogens (primary N) is 1. The monoisotopic (exact) mass is 479 g/mol. The third-order valence-electron chi connectivity index (χ3n) is 5.94. The number of oxazole rings is 1. The Morgan fingerprint density at radius 1 is 1.43 bits per heavy atom. The molecule has 178 valence electrons. The smallest absolute Gasteiger partial charge is 0.295 e. The summed E-state index contributed by atoms with van der Waals surface area (Å²) in [7, 11) is 1.53. The van der Waals surface area contributed by atoms with Crippen LogP contribution in [-0.2, 0) is 4.79 Å². The van der Waals surface area contributed by atoms with Gasteiger partial charge in [0, 0.05) is 32.4 Å². The molecule has 35 heavy (non-hydrogen) atoms. The number of carbonyl (C=O) groups excluding carboxylic acids is 1. The molecule has 3 aromatic heterocycles. The lowest BCUT2D eigenvalue weighted by molar-refractivity contribution is -0.125. The molecule has 0 radical (unpaired) electrons. The summed E-state index contributed by atoms with van der Waals surface area (Å²) in [4.78, 5) is 30.2. The number of aromatic nitrogens is 4. The second-order valence-corrected chi connectivity index (χ2v) is 7.96. The first-order chi connectivity index (χ1) is 16.8. The Morgan fingerprint density at radius 3 is 2.97 bits per heavy atom. The minimum absolute atomic E-state index is 0.00577. The van der Waals surface area contributed by atoms with Crippen LogP contribution in [0.15, 0.2) is 34.1 Å². The molecule has 4 aromatic rings. The molecule has 0 unspecified atom stereocenters. The number of rotatable bonds is 3. The van der Waals surface area contributed by atoms with E-state index in [9.17, 15) is 14.0 Å². The first-order valence-electron chi connectivity index (χ1n) is 10.6. The van der Waals surface area contributed by atoms with E-state index in [1.165, 1.54) is 13.1 Å². The number of H-pyrrole nitrogens is 1. The molecule has 0 aliphatic carbocycles. The minimum Gasteiger partial charge on any atom is -0.423 e. The predicted octanol–water partition coefficient (Wildman–Crippen LogP) is 2.13. The van der Waals surface area contributed by atoms with Crippen molar-refractivity contribution < 1.29 is 18.0 Å². The topological polar surface area (TPSA) is 135 Å². The molecule has 10 nitrogen and oxygen atoms in total. The van der Waals surface area contributed by atoms with Gasteiger partial charge in [-0.2, -0.15) is 10.1 Å². The van der Waals surface area contributed by atoms with E-state index in [1.807, 2.05) is 0 Å². The van der Waals surface area contributed by atoms with Gasteiger partial charge in [0.1, 0.15) is 16.9 Å². The summed E-state index contributed by atoms with van der Waals surface area (Å²) in [6.07, 6.45) is 3.40. The van der Waals surface area contributed by atoms with Crippen molar-refractivity contribution in [1.82, 2.24) is 24.6 Å². The van der Waals surface area contributed by atoms with Crippen LogP contribution in [0.1, 0.15) is 23.6 Å². The molecule has 4 N–H and O–H groups in total. The number of nitrogen functional groups attached to an aromatic ring is 1. The highest BCUT2D eigenvalue weighted by atomic mass is 19.1. The van der Waals surface area contributed by atoms with E-state index in [0.717, 1.165) is 6.07 Å². The lowest BCUT2D eigenvalue weighted by Crippen LogP contribution is -2.27. The Balaban J connectivity index is 1.63.